The number of fused-ring (bicyclic) bond motifs is 1. The van der Waals surface area contributed by atoms with Crippen LogP contribution in [0.4, 0.5) is 5.69 Å². The standard InChI is InChI=1S/C14H17N3O/c1-16-12(10-18)9-11-3-2-4-13(14(11)16)17-7-5-15-6-8-17/h2-4,9-10,15H,5-8H2,1H3. The van der Waals surface area contributed by atoms with Gasteiger partial charge in [0.25, 0.3) is 0 Å². The number of hydrogen-bond acceptors (Lipinski definition) is 3. The van der Waals surface area contributed by atoms with Crippen LogP contribution in [-0.2, 0) is 7.05 Å². The van der Waals surface area contributed by atoms with Crippen molar-refractivity contribution in [3.63, 3.8) is 0 Å². The molecule has 0 bridgehead atoms. The van der Waals surface area contributed by atoms with Gasteiger partial charge >= 0.3 is 0 Å². The second-order valence-electron chi connectivity index (χ2n) is 4.70. The zero-order valence-electron chi connectivity index (χ0n) is 10.5. The summed E-state index contributed by atoms with van der Waals surface area (Å²) in [6.45, 7) is 4.06. The molecule has 2 aromatic rings. The number of nitrogens with one attached hydrogen (secondary N) is 1. The Labute approximate surface area is 106 Å². The predicted molar refractivity (Wildman–Crippen MR) is 73.4 cm³/mol. The van der Waals surface area contributed by atoms with Crippen molar-refractivity contribution in [2.45, 2.75) is 0 Å². The Morgan fingerprint density at radius 1 is 1.28 bits per heavy atom. The van der Waals surface area contributed by atoms with E-state index in [-0.39, 0.29) is 0 Å². The van der Waals surface area contributed by atoms with Crippen LogP contribution in [0.5, 0.6) is 0 Å². The molecular weight excluding hydrogens is 226 g/mol. The van der Waals surface area contributed by atoms with Crippen LogP contribution in [0.3, 0.4) is 0 Å². The van der Waals surface area contributed by atoms with E-state index >= 15 is 0 Å². The van der Waals surface area contributed by atoms with Crippen LogP contribution >= 0.6 is 0 Å². The normalized spacial score (nSPS) is 16.2. The quantitative estimate of drug-likeness (QED) is 0.810. The maximum absolute atomic E-state index is 11.0. The van der Waals surface area contributed by atoms with Gasteiger partial charge in [-0.2, -0.15) is 0 Å². The number of aryl methyl sites for hydroxylation is 1. The molecule has 1 aliphatic rings. The number of carbonyl (C=O) groups excluding carboxylic acids is 1. The summed E-state index contributed by atoms with van der Waals surface area (Å²) >= 11 is 0. The van der Waals surface area contributed by atoms with Crippen LogP contribution in [-0.4, -0.2) is 37.0 Å². The highest BCUT2D eigenvalue weighted by Gasteiger charge is 2.16. The summed E-state index contributed by atoms with van der Waals surface area (Å²) < 4.78 is 1.99. The molecule has 94 valence electrons. The van der Waals surface area contributed by atoms with Gasteiger partial charge in [-0.3, -0.25) is 4.79 Å². The largest absolute Gasteiger partial charge is 0.367 e. The smallest absolute Gasteiger partial charge is 0.166 e. The second kappa shape index (κ2) is 4.46. The summed E-state index contributed by atoms with van der Waals surface area (Å²) in [5.41, 5.74) is 3.11. The minimum atomic E-state index is 0.729. The van der Waals surface area contributed by atoms with E-state index in [1.54, 1.807) is 0 Å². The Morgan fingerprint density at radius 3 is 2.78 bits per heavy atom. The molecule has 1 saturated heterocycles. The third-order valence-electron chi connectivity index (χ3n) is 3.65. The molecular formula is C14H17N3O. The molecule has 1 N–H and O–H groups in total. The maximum Gasteiger partial charge on any atom is 0.166 e. The van der Waals surface area contributed by atoms with Crippen molar-refractivity contribution in [2.24, 2.45) is 7.05 Å². The van der Waals surface area contributed by atoms with Gasteiger partial charge in [0.15, 0.2) is 6.29 Å². The lowest BCUT2D eigenvalue weighted by molar-refractivity contribution is 0.111. The average Bonchev–Trinajstić information content (AvgIpc) is 2.76. The number of anilines is 1. The number of nitrogens with zero attached hydrogens (tertiary/aromatic N) is 2. The van der Waals surface area contributed by atoms with E-state index in [1.165, 1.54) is 5.69 Å². The molecule has 1 aliphatic heterocycles. The van der Waals surface area contributed by atoms with Gasteiger partial charge in [0.2, 0.25) is 0 Å². The second-order valence-corrected chi connectivity index (χ2v) is 4.70. The molecule has 3 rings (SSSR count). The van der Waals surface area contributed by atoms with Crippen LogP contribution in [0.25, 0.3) is 10.9 Å². The predicted octanol–water partition coefficient (Wildman–Crippen LogP) is 1.40. The molecule has 4 heteroatoms. The van der Waals surface area contributed by atoms with Crippen molar-refractivity contribution in [1.29, 1.82) is 0 Å². The van der Waals surface area contributed by atoms with Crippen LogP contribution < -0.4 is 10.2 Å². The van der Waals surface area contributed by atoms with Crippen LogP contribution in [0.2, 0.25) is 0 Å². The monoisotopic (exact) mass is 243 g/mol. The first kappa shape index (κ1) is 11.3. The molecule has 0 atom stereocenters. The van der Waals surface area contributed by atoms with Gasteiger partial charge < -0.3 is 14.8 Å². The zero-order valence-corrected chi connectivity index (χ0v) is 10.5. The summed E-state index contributed by atoms with van der Waals surface area (Å²) in [7, 11) is 1.96. The minimum absolute atomic E-state index is 0.729. The van der Waals surface area contributed by atoms with E-state index in [1.807, 2.05) is 17.7 Å². The number of carbonyl (C=O) groups is 1. The van der Waals surface area contributed by atoms with Gasteiger partial charge in [0.1, 0.15) is 0 Å². The number of benzene rings is 1. The van der Waals surface area contributed by atoms with E-state index in [0.717, 1.165) is 49.1 Å². The summed E-state index contributed by atoms with van der Waals surface area (Å²) in [4.78, 5) is 13.4. The summed E-state index contributed by atoms with van der Waals surface area (Å²) in [5, 5.41) is 4.49. The number of para-hydroxylation sites is 1. The molecule has 0 aliphatic carbocycles. The Hall–Kier alpha value is -1.81. The van der Waals surface area contributed by atoms with Crippen molar-refractivity contribution >= 4 is 22.9 Å². The minimum Gasteiger partial charge on any atom is -0.367 e. The average molecular weight is 243 g/mol. The third-order valence-corrected chi connectivity index (χ3v) is 3.65. The number of hydrogen-bond donors (Lipinski definition) is 1. The van der Waals surface area contributed by atoms with Gasteiger partial charge in [-0.25, -0.2) is 0 Å². The molecule has 1 aromatic carbocycles. The van der Waals surface area contributed by atoms with Gasteiger partial charge in [0, 0.05) is 38.6 Å². The van der Waals surface area contributed by atoms with Crippen molar-refractivity contribution in [3.05, 3.63) is 30.0 Å². The fraction of sp³-hybridized carbons (Fsp3) is 0.357. The molecule has 1 aromatic heterocycles. The fourth-order valence-electron chi connectivity index (χ4n) is 2.69. The zero-order chi connectivity index (χ0) is 12.5. The highest BCUT2D eigenvalue weighted by Crippen LogP contribution is 2.28. The van der Waals surface area contributed by atoms with Gasteiger partial charge in [-0.15, -0.1) is 0 Å². The fourth-order valence-corrected chi connectivity index (χ4v) is 2.69. The Balaban J connectivity index is 2.16. The van der Waals surface area contributed by atoms with E-state index in [9.17, 15) is 4.79 Å². The van der Waals surface area contributed by atoms with Gasteiger partial charge in [-0.1, -0.05) is 12.1 Å². The van der Waals surface area contributed by atoms with Crippen molar-refractivity contribution < 1.29 is 4.79 Å². The summed E-state index contributed by atoms with van der Waals surface area (Å²) in [5.74, 6) is 0. The Bertz CT molecular complexity index is 582. The van der Waals surface area contributed by atoms with Crippen molar-refractivity contribution in [1.82, 2.24) is 9.88 Å². The molecule has 0 spiro atoms. The van der Waals surface area contributed by atoms with Crippen LogP contribution in [0.15, 0.2) is 24.3 Å². The summed E-state index contributed by atoms with van der Waals surface area (Å²) in [6, 6.07) is 8.22. The van der Waals surface area contributed by atoms with Crippen molar-refractivity contribution in [3.8, 4) is 0 Å². The van der Waals surface area contributed by atoms with E-state index in [2.05, 4.69) is 28.4 Å². The first-order chi connectivity index (χ1) is 8.81. The number of aromatic nitrogens is 1. The third kappa shape index (κ3) is 1.69. The first-order valence-electron chi connectivity index (χ1n) is 6.30. The summed E-state index contributed by atoms with van der Waals surface area (Å²) in [6.07, 6.45) is 0.918. The van der Waals surface area contributed by atoms with Crippen LogP contribution in [0, 0.1) is 0 Å². The molecule has 1 fully saturated rings. The van der Waals surface area contributed by atoms with E-state index in [0.29, 0.717) is 0 Å². The molecule has 0 radical (unpaired) electrons. The lowest BCUT2D eigenvalue weighted by Gasteiger charge is -2.30. The molecule has 0 saturated carbocycles. The molecule has 18 heavy (non-hydrogen) atoms. The molecule has 0 amide bonds. The topological polar surface area (TPSA) is 37.3 Å². The van der Waals surface area contributed by atoms with Gasteiger partial charge in [-0.05, 0) is 12.1 Å². The Morgan fingerprint density at radius 2 is 2.06 bits per heavy atom. The van der Waals surface area contributed by atoms with Crippen molar-refractivity contribution in [2.75, 3.05) is 31.1 Å². The first-order valence-corrected chi connectivity index (χ1v) is 6.30. The lowest BCUT2D eigenvalue weighted by Crippen LogP contribution is -2.43. The highest BCUT2D eigenvalue weighted by molar-refractivity contribution is 5.96. The highest BCUT2D eigenvalue weighted by atomic mass is 16.1. The Kier molecular flexibility index (Phi) is 2.80. The molecule has 4 nitrogen and oxygen atoms in total. The maximum atomic E-state index is 11.0. The molecule has 2 heterocycles. The molecule has 0 unspecified atom stereocenters. The SMILES string of the molecule is Cn1c(C=O)cc2cccc(N3CCNCC3)c21. The number of rotatable bonds is 2. The number of aldehydes is 1. The van der Waals surface area contributed by atoms with E-state index in [4.69, 9.17) is 0 Å². The van der Waals surface area contributed by atoms with E-state index < -0.39 is 0 Å². The van der Waals surface area contributed by atoms with Gasteiger partial charge in [0.05, 0.1) is 16.9 Å². The van der Waals surface area contributed by atoms with Crippen LogP contribution in [0.1, 0.15) is 10.5 Å². The number of piperazine rings is 1. The lowest BCUT2D eigenvalue weighted by atomic mass is 10.2.